The fourth-order valence-corrected chi connectivity index (χ4v) is 1.66. The van der Waals surface area contributed by atoms with Crippen molar-refractivity contribution in [1.29, 1.82) is 0 Å². The molecule has 1 rings (SSSR count). The Morgan fingerprint density at radius 1 is 1.58 bits per heavy atom. The highest BCUT2D eigenvalue weighted by Gasteiger charge is 2.33. The molecule has 1 saturated carbocycles. The molecule has 0 aliphatic heterocycles. The summed E-state index contributed by atoms with van der Waals surface area (Å²) in [6.07, 6.45) is 2.20. The van der Waals surface area contributed by atoms with Gasteiger partial charge >= 0.3 is 0 Å². The van der Waals surface area contributed by atoms with Gasteiger partial charge in [-0.1, -0.05) is 15.9 Å². The fraction of sp³-hybridized carbons (Fsp3) is 0.889. The number of carbonyl (C=O) groups is 1. The van der Waals surface area contributed by atoms with Gasteiger partial charge in [-0.05, 0) is 26.7 Å². The van der Waals surface area contributed by atoms with Gasteiger partial charge in [0.15, 0.2) is 0 Å². The molecule has 0 aromatic carbocycles. The summed E-state index contributed by atoms with van der Waals surface area (Å²) in [4.78, 5) is 13.6. The first kappa shape index (κ1) is 10.0. The summed E-state index contributed by atoms with van der Waals surface area (Å²) in [7, 11) is 0. The van der Waals surface area contributed by atoms with E-state index in [1.54, 1.807) is 0 Å². The number of halogens is 1. The Morgan fingerprint density at radius 3 is 2.50 bits per heavy atom. The number of carbonyl (C=O) groups excluding carboxylic acids is 1. The Hall–Kier alpha value is -0.0500. The number of nitrogens with zero attached hydrogens (tertiary/aromatic N) is 1. The van der Waals surface area contributed by atoms with E-state index in [2.05, 4.69) is 29.8 Å². The molecule has 0 radical (unpaired) electrons. The van der Waals surface area contributed by atoms with Gasteiger partial charge in [-0.15, -0.1) is 0 Å². The molecule has 0 N–H and O–H groups in total. The van der Waals surface area contributed by atoms with E-state index in [1.807, 2.05) is 4.90 Å². The molecule has 70 valence electrons. The van der Waals surface area contributed by atoms with Gasteiger partial charge in [-0.3, -0.25) is 4.79 Å². The molecule has 1 amide bonds. The standard InChI is InChI=1S/C9H16BrNO/c1-7(2)11(6-5-10)9(12)8-3-4-8/h7-8H,3-6H2,1-2H3. The van der Waals surface area contributed by atoms with Crippen molar-refractivity contribution in [3.63, 3.8) is 0 Å². The molecule has 0 aromatic rings. The topological polar surface area (TPSA) is 20.3 Å². The highest BCUT2D eigenvalue weighted by Crippen LogP contribution is 2.31. The maximum absolute atomic E-state index is 11.6. The minimum atomic E-state index is 0.343. The summed E-state index contributed by atoms with van der Waals surface area (Å²) >= 11 is 3.36. The highest BCUT2D eigenvalue weighted by molar-refractivity contribution is 9.09. The smallest absolute Gasteiger partial charge is 0.225 e. The van der Waals surface area contributed by atoms with Crippen LogP contribution in [-0.4, -0.2) is 28.7 Å². The largest absolute Gasteiger partial charge is 0.339 e. The van der Waals surface area contributed by atoms with Gasteiger partial charge < -0.3 is 4.90 Å². The number of hydrogen-bond donors (Lipinski definition) is 0. The first-order valence-corrected chi connectivity index (χ1v) is 5.65. The van der Waals surface area contributed by atoms with Gasteiger partial charge in [-0.2, -0.15) is 0 Å². The zero-order valence-corrected chi connectivity index (χ0v) is 9.30. The molecule has 1 aliphatic carbocycles. The molecule has 0 aromatic heterocycles. The van der Waals surface area contributed by atoms with Crippen molar-refractivity contribution in [2.75, 3.05) is 11.9 Å². The summed E-state index contributed by atoms with van der Waals surface area (Å²) in [5, 5.41) is 0.879. The molecule has 0 spiro atoms. The first-order valence-electron chi connectivity index (χ1n) is 4.53. The van der Waals surface area contributed by atoms with Gasteiger partial charge in [0.1, 0.15) is 0 Å². The van der Waals surface area contributed by atoms with Crippen LogP contribution in [0.2, 0.25) is 0 Å². The van der Waals surface area contributed by atoms with Gasteiger partial charge in [-0.25, -0.2) is 0 Å². The van der Waals surface area contributed by atoms with E-state index in [-0.39, 0.29) is 0 Å². The number of amides is 1. The highest BCUT2D eigenvalue weighted by atomic mass is 79.9. The van der Waals surface area contributed by atoms with E-state index in [0.29, 0.717) is 17.9 Å². The van der Waals surface area contributed by atoms with Crippen molar-refractivity contribution in [3.8, 4) is 0 Å². The lowest BCUT2D eigenvalue weighted by molar-refractivity contribution is -0.133. The van der Waals surface area contributed by atoms with Crippen LogP contribution in [0.15, 0.2) is 0 Å². The monoisotopic (exact) mass is 233 g/mol. The minimum Gasteiger partial charge on any atom is -0.339 e. The van der Waals surface area contributed by atoms with Gasteiger partial charge in [0.05, 0.1) is 0 Å². The lowest BCUT2D eigenvalue weighted by Gasteiger charge is -2.25. The van der Waals surface area contributed by atoms with Crippen molar-refractivity contribution in [2.45, 2.75) is 32.7 Å². The average molecular weight is 234 g/mol. The summed E-state index contributed by atoms with van der Waals surface area (Å²) in [5.74, 6) is 0.705. The van der Waals surface area contributed by atoms with Crippen LogP contribution in [0.4, 0.5) is 0 Å². The molecular weight excluding hydrogens is 218 g/mol. The van der Waals surface area contributed by atoms with E-state index in [1.165, 1.54) is 0 Å². The molecule has 0 unspecified atom stereocenters. The van der Waals surface area contributed by atoms with Gasteiger partial charge in [0.25, 0.3) is 0 Å². The summed E-state index contributed by atoms with van der Waals surface area (Å²) in [6.45, 7) is 4.98. The summed E-state index contributed by atoms with van der Waals surface area (Å²) < 4.78 is 0. The normalized spacial score (nSPS) is 16.7. The summed E-state index contributed by atoms with van der Waals surface area (Å²) in [5.41, 5.74) is 0. The molecule has 0 bridgehead atoms. The van der Waals surface area contributed by atoms with Crippen LogP contribution in [0.25, 0.3) is 0 Å². The Labute approximate surface area is 82.4 Å². The minimum absolute atomic E-state index is 0.343. The van der Waals surface area contributed by atoms with Crippen molar-refractivity contribution < 1.29 is 4.79 Å². The second-order valence-electron chi connectivity index (χ2n) is 3.59. The van der Waals surface area contributed by atoms with Crippen LogP contribution in [0.3, 0.4) is 0 Å². The van der Waals surface area contributed by atoms with Crippen LogP contribution in [0.5, 0.6) is 0 Å². The van der Waals surface area contributed by atoms with E-state index in [9.17, 15) is 4.79 Å². The molecule has 0 saturated heterocycles. The molecule has 1 fully saturated rings. The molecule has 0 heterocycles. The first-order chi connectivity index (χ1) is 5.66. The van der Waals surface area contributed by atoms with E-state index in [4.69, 9.17) is 0 Å². The van der Waals surface area contributed by atoms with Crippen LogP contribution in [-0.2, 0) is 4.79 Å². The third kappa shape index (κ3) is 2.47. The van der Waals surface area contributed by atoms with Crippen molar-refractivity contribution >= 4 is 21.8 Å². The molecule has 2 nitrogen and oxygen atoms in total. The Bertz CT molecular complexity index is 166. The van der Waals surface area contributed by atoms with Gasteiger partial charge in [0.2, 0.25) is 5.91 Å². The molecule has 3 heteroatoms. The van der Waals surface area contributed by atoms with E-state index in [0.717, 1.165) is 24.7 Å². The average Bonchev–Trinajstić information content (AvgIpc) is 2.80. The third-order valence-corrected chi connectivity index (χ3v) is 2.51. The van der Waals surface area contributed by atoms with Crippen LogP contribution < -0.4 is 0 Å². The zero-order valence-electron chi connectivity index (χ0n) is 7.72. The third-order valence-electron chi connectivity index (χ3n) is 2.16. The second kappa shape index (κ2) is 4.26. The van der Waals surface area contributed by atoms with Gasteiger partial charge in [0, 0.05) is 23.8 Å². The Kier molecular flexibility index (Phi) is 3.56. The van der Waals surface area contributed by atoms with E-state index >= 15 is 0 Å². The second-order valence-corrected chi connectivity index (χ2v) is 4.38. The number of hydrogen-bond acceptors (Lipinski definition) is 1. The fourth-order valence-electron chi connectivity index (χ4n) is 1.28. The predicted octanol–water partition coefficient (Wildman–Crippen LogP) is 2.03. The van der Waals surface area contributed by atoms with Crippen LogP contribution in [0.1, 0.15) is 26.7 Å². The number of alkyl halides is 1. The lowest BCUT2D eigenvalue weighted by Crippen LogP contribution is -2.39. The Balaban J connectivity index is 2.45. The SMILES string of the molecule is CC(C)N(CCBr)C(=O)C1CC1. The molecule has 1 aliphatic rings. The Morgan fingerprint density at radius 2 is 2.17 bits per heavy atom. The number of rotatable bonds is 4. The molecule has 12 heavy (non-hydrogen) atoms. The maximum Gasteiger partial charge on any atom is 0.225 e. The zero-order chi connectivity index (χ0) is 9.14. The molecule has 0 atom stereocenters. The van der Waals surface area contributed by atoms with E-state index < -0.39 is 0 Å². The van der Waals surface area contributed by atoms with Crippen LogP contribution in [0, 0.1) is 5.92 Å². The van der Waals surface area contributed by atoms with Crippen LogP contribution >= 0.6 is 15.9 Å². The lowest BCUT2D eigenvalue weighted by atomic mass is 10.2. The quantitative estimate of drug-likeness (QED) is 0.681. The molecular formula is C9H16BrNO. The van der Waals surface area contributed by atoms with Crippen molar-refractivity contribution in [3.05, 3.63) is 0 Å². The summed E-state index contributed by atoms with van der Waals surface area (Å²) in [6, 6.07) is 0.343. The van der Waals surface area contributed by atoms with Crippen molar-refractivity contribution in [1.82, 2.24) is 4.90 Å². The van der Waals surface area contributed by atoms with Crippen molar-refractivity contribution in [2.24, 2.45) is 5.92 Å². The maximum atomic E-state index is 11.6. The predicted molar refractivity (Wildman–Crippen MR) is 53.4 cm³/mol.